The molecule has 1 aromatic heterocycles. The van der Waals surface area contributed by atoms with E-state index in [9.17, 15) is 19.2 Å². The van der Waals surface area contributed by atoms with Crippen molar-refractivity contribution in [2.75, 3.05) is 13.7 Å². The average molecular weight is 508 g/mol. The minimum atomic E-state index is -1.07. The molecule has 1 heterocycles. The topological polar surface area (TPSA) is 130 Å². The summed E-state index contributed by atoms with van der Waals surface area (Å²) in [4.78, 5) is 49.7. The molecule has 37 heavy (non-hydrogen) atoms. The van der Waals surface area contributed by atoms with Crippen LogP contribution in [-0.2, 0) is 32.1 Å². The molecular weight excluding hydrogens is 474 g/mol. The van der Waals surface area contributed by atoms with Crippen LogP contribution >= 0.6 is 0 Å². The molecule has 2 aromatic carbocycles. The molecule has 0 unspecified atom stereocenters. The summed E-state index contributed by atoms with van der Waals surface area (Å²) in [5.41, 5.74) is 7.91. The molecule has 9 nitrogen and oxygen atoms in total. The van der Waals surface area contributed by atoms with Crippen molar-refractivity contribution in [1.29, 1.82) is 0 Å². The monoisotopic (exact) mass is 507 g/mol. The van der Waals surface area contributed by atoms with Gasteiger partial charge in [-0.25, -0.2) is 4.79 Å². The molecule has 1 atom stereocenters. The largest absolute Gasteiger partial charge is 0.483 e. The van der Waals surface area contributed by atoms with Crippen molar-refractivity contribution in [3.05, 3.63) is 65.4 Å². The molecule has 9 heteroatoms. The fourth-order valence-corrected chi connectivity index (χ4v) is 4.43. The molecule has 0 radical (unpaired) electrons. The second-order valence-corrected chi connectivity index (χ2v) is 9.15. The van der Waals surface area contributed by atoms with E-state index in [-0.39, 0.29) is 17.2 Å². The lowest BCUT2D eigenvalue weighted by Crippen LogP contribution is -2.44. The van der Waals surface area contributed by atoms with Crippen molar-refractivity contribution in [1.82, 2.24) is 9.88 Å². The highest BCUT2D eigenvalue weighted by molar-refractivity contribution is 6.45. The van der Waals surface area contributed by atoms with Gasteiger partial charge in [0.2, 0.25) is 0 Å². The van der Waals surface area contributed by atoms with Crippen molar-refractivity contribution >= 4 is 34.5 Å². The van der Waals surface area contributed by atoms with E-state index >= 15 is 0 Å². The molecule has 0 aliphatic heterocycles. The Morgan fingerprint density at radius 2 is 1.73 bits per heavy atom. The van der Waals surface area contributed by atoms with Gasteiger partial charge in [-0.05, 0) is 36.5 Å². The number of hydrogen-bond acceptors (Lipinski definition) is 6. The van der Waals surface area contributed by atoms with Crippen molar-refractivity contribution in [2.24, 2.45) is 11.7 Å². The number of amides is 2. The Hall–Kier alpha value is -4.14. The lowest BCUT2D eigenvalue weighted by molar-refractivity contribution is -0.145. The molecule has 0 aliphatic rings. The Balaban J connectivity index is 2.00. The van der Waals surface area contributed by atoms with E-state index in [0.29, 0.717) is 36.0 Å². The Morgan fingerprint density at radius 1 is 1.03 bits per heavy atom. The first kappa shape index (κ1) is 27.4. The number of esters is 1. The summed E-state index contributed by atoms with van der Waals surface area (Å²) in [6.45, 7) is 5.82. The number of primary amides is 1. The van der Waals surface area contributed by atoms with E-state index in [1.54, 1.807) is 12.1 Å². The van der Waals surface area contributed by atoms with Gasteiger partial charge in [0.15, 0.2) is 6.61 Å². The predicted molar refractivity (Wildman–Crippen MR) is 139 cm³/mol. The summed E-state index contributed by atoms with van der Waals surface area (Å²) >= 11 is 0. The third-order valence-electron chi connectivity index (χ3n) is 6.02. The number of methoxy groups -OCH3 is 1. The second kappa shape index (κ2) is 12.2. The lowest BCUT2D eigenvalue weighted by Gasteiger charge is -2.18. The summed E-state index contributed by atoms with van der Waals surface area (Å²) < 4.78 is 12.6. The lowest BCUT2D eigenvalue weighted by atomic mass is 10.0. The van der Waals surface area contributed by atoms with Gasteiger partial charge in [-0.15, -0.1) is 0 Å². The van der Waals surface area contributed by atoms with E-state index in [0.717, 1.165) is 5.56 Å². The highest BCUT2D eigenvalue weighted by Gasteiger charge is 2.28. The Labute approximate surface area is 215 Å². The summed E-state index contributed by atoms with van der Waals surface area (Å²) in [7, 11) is 1.27. The van der Waals surface area contributed by atoms with E-state index in [2.05, 4.69) is 5.32 Å². The fraction of sp³-hybridized carbons (Fsp3) is 0.357. The van der Waals surface area contributed by atoms with Crippen molar-refractivity contribution in [3.8, 4) is 5.75 Å². The Morgan fingerprint density at radius 3 is 2.32 bits per heavy atom. The molecule has 3 aromatic rings. The fourth-order valence-electron chi connectivity index (χ4n) is 4.43. The first-order chi connectivity index (χ1) is 17.7. The number of Topliss-reactive ketones (excluding diaryl/α,β-unsaturated/α-hetero) is 1. The number of fused-ring (bicyclic) bond motifs is 1. The van der Waals surface area contributed by atoms with Gasteiger partial charge in [0.25, 0.3) is 17.6 Å². The number of carbonyl (C=O) groups excluding carboxylic acids is 4. The van der Waals surface area contributed by atoms with E-state index in [4.69, 9.17) is 15.2 Å². The first-order valence-electron chi connectivity index (χ1n) is 12.2. The summed E-state index contributed by atoms with van der Waals surface area (Å²) in [5, 5.41) is 3.06. The summed E-state index contributed by atoms with van der Waals surface area (Å²) in [5.74, 6) is -2.54. The van der Waals surface area contributed by atoms with Crippen molar-refractivity contribution < 1.29 is 28.7 Å². The van der Waals surface area contributed by atoms with Crippen molar-refractivity contribution in [2.45, 2.75) is 46.2 Å². The van der Waals surface area contributed by atoms with Gasteiger partial charge in [-0.3, -0.25) is 14.4 Å². The van der Waals surface area contributed by atoms with Gasteiger partial charge in [0, 0.05) is 12.2 Å². The third kappa shape index (κ3) is 6.35. The van der Waals surface area contributed by atoms with Crippen LogP contribution < -0.4 is 15.8 Å². The number of ether oxygens (including phenoxy) is 2. The zero-order chi connectivity index (χ0) is 27.1. The zero-order valence-electron chi connectivity index (χ0n) is 21.6. The number of rotatable bonds is 12. The number of nitrogens with two attached hydrogens (primary N) is 1. The number of ketones is 1. The maximum absolute atomic E-state index is 13.0. The van der Waals surface area contributed by atoms with Crippen LogP contribution in [-0.4, -0.2) is 47.9 Å². The molecule has 0 saturated heterocycles. The number of aromatic nitrogens is 1. The minimum absolute atomic E-state index is 0.151. The van der Waals surface area contributed by atoms with E-state index in [1.807, 2.05) is 61.7 Å². The van der Waals surface area contributed by atoms with E-state index < -0.39 is 36.2 Å². The van der Waals surface area contributed by atoms with Crippen LogP contribution in [0.1, 0.15) is 48.8 Å². The Bertz CT molecular complexity index is 1300. The molecular formula is C28H33N3O6. The second-order valence-electron chi connectivity index (χ2n) is 9.15. The molecule has 2 amide bonds. The summed E-state index contributed by atoms with van der Waals surface area (Å²) in [6, 6.07) is 14.1. The molecule has 0 spiro atoms. The molecule has 0 bridgehead atoms. The van der Waals surface area contributed by atoms with Crippen LogP contribution in [0.15, 0.2) is 48.5 Å². The highest BCUT2D eigenvalue weighted by Crippen LogP contribution is 2.35. The SMILES string of the molecule is CCc1c(C(=O)C(N)=O)c2c(OCC(=O)N[C@H](CC(C)C)C(=O)OC)cccc2n1Cc1ccccc1. The smallest absolute Gasteiger partial charge is 0.328 e. The number of benzene rings is 2. The normalized spacial score (nSPS) is 11.8. The van der Waals surface area contributed by atoms with Crippen molar-refractivity contribution in [3.63, 3.8) is 0 Å². The molecule has 0 aliphatic carbocycles. The highest BCUT2D eigenvalue weighted by atomic mass is 16.5. The molecule has 0 saturated carbocycles. The molecule has 0 fully saturated rings. The van der Waals surface area contributed by atoms with Crippen LogP contribution in [0.5, 0.6) is 5.75 Å². The van der Waals surface area contributed by atoms with Gasteiger partial charge in [-0.1, -0.05) is 57.2 Å². The predicted octanol–water partition coefficient (Wildman–Crippen LogP) is 3.00. The van der Waals surface area contributed by atoms with Crippen LogP contribution in [0.25, 0.3) is 10.9 Å². The van der Waals surface area contributed by atoms with Crippen LogP contribution in [0.3, 0.4) is 0 Å². The number of nitrogens with one attached hydrogen (secondary N) is 1. The zero-order valence-corrected chi connectivity index (χ0v) is 21.6. The van der Waals surface area contributed by atoms with Gasteiger partial charge in [0.05, 0.1) is 23.6 Å². The first-order valence-corrected chi connectivity index (χ1v) is 12.2. The van der Waals surface area contributed by atoms with Gasteiger partial charge < -0.3 is 25.1 Å². The van der Waals surface area contributed by atoms with E-state index in [1.165, 1.54) is 7.11 Å². The number of hydrogen-bond donors (Lipinski definition) is 2. The Kier molecular flexibility index (Phi) is 9.05. The standard InChI is InChI=1S/C28H33N3O6/c1-5-20-25(26(33)27(29)34)24-21(31(20)15-18-10-7-6-8-11-18)12-9-13-22(24)37-16-23(32)30-19(14-17(2)3)28(35)36-4/h6-13,17,19H,5,14-16H2,1-4H3,(H2,29,34)(H,30,32)/t19-/m1/s1. The van der Waals surface area contributed by atoms with Gasteiger partial charge in [-0.2, -0.15) is 0 Å². The minimum Gasteiger partial charge on any atom is -0.483 e. The number of carbonyl (C=O) groups is 4. The molecule has 3 rings (SSSR count). The number of nitrogens with zero attached hydrogens (tertiary/aromatic N) is 1. The van der Waals surface area contributed by atoms with Gasteiger partial charge >= 0.3 is 5.97 Å². The average Bonchev–Trinajstić information content (AvgIpc) is 3.19. The maximum atomic E-state index is 13.0. The maximum Gasteiger partial charge on any atom is 0.328 e. The van der Waals surface area contributed by atoms with Crippen LogP contribution in [0.4, 0.5) is 0 Å². The molecule has 196 valence electrons. The summed E-state index contributed by atoms with van der Waals surface area (Å²) in [6.07, 6.45) is 0.874. The third-order valence-corrected chi connectivity index (χ3v) is 6.02. The van der Waals surface area contributed by atoms with Crippen LogP contribution in [0.2, 0.25) is 0 Å². The van der Waals surface area contributed by atoms with Gasteiger partial charge in [0.1, 0.15) is 11.8 Å². The quantitative estimate of drug-likeness (QED) is 0.220. The van der Waals surface area contributed by atoms with Crippen LogP contribution in [0, 0.1) is 5.92 Å². The molecule has 3 N–H and O–H groups in total.